The number of ether oxygens (including phenoxy) is 5. The van der Waals surface area contributed by atoms with Crippen molar-refractivity contribution < 1.29 is 38.4 Å². The largest absolute Gasteiger partial charge is 0.491 e. The summed E-state index contributed by atoms with van der Waals surface area (Å²) in [6, 6.07) is 5.84. The van der Waals surface area contributed by atoms with Crippen molar-refractivity contribution in [3.8, 4) is 5.75 Å². The summed E-state index contributed by atoms with van der Waals surface area (Å²) in [5, 5.41) is 13.7. The van der Waals surface area contributed by atoms with Crippen LogP contribution < -0.4 is 10.1 Å². The summed E-state index contributed by atoms with van der Waals surface area (Å²) < 4.78 is 29.1. The second-order valence-corrected chi connectivity index (χ2v) is 11.6. The van der Waals surface area contributed by atoms with Crippen LogP contribution in [0.4, 0.5) is 0 Å². The van der Waals surface area contributed by atoms with E-state index in [2.05, 4.69) is 5.32 Å². The first kappa shape index (κ1) is 30.7. The molecule has 2 aliphatic heterocycles. The van der Waals surface area contributed by atoms with Crippen molar-refractivity contribution in [2.45, 2.75) is 57.5 Å². The Morgan fingerprint density at radius 1 is 0.950 bits per heavy atom. The van der Waals surface area contributed by atoms with Gasteiger partial charge in [-0.15, -0.1) is 0 Å². The second-order valence-electron chi connectivity index (χ2n) is 11.6. The summed E-state index contributed by atoms with van der Waals surface area (Å²) in [4.78, 5) is 29.1. The molecule has 2 heterocycles. The Hall–Kier alpha value is -2.28. The topological polar surface area (TPSA) is 119 Å². The number of hydrogen-bond acceptors (Lipinski definition) is 9. The van der Waals surface area contributed by atoms with Crippen LogP contribution in [0.1, 0.15) is 31.9 Å². The number of benzene rings is 1. The molecule has 0 bridgehead atoms. The van der Waals surface area contributed by atoms with Gasteiger partial charge in [-0.1, -0.05) is 12.1 Å². The molecule has 0 spiro atoms. The van der Waals surface area contributed by atoms with Crippen molar-refractivity contribution in [1.82, 2.24) is 15.1 Å². The fourth-order valence-corrected chi connectivity index (χ4v) is 5.02. The molecule has 3 unspecified atom stereocenters. The predicted molar refractivity (Wildman–Crippen MR) is 147 cm³/mol. The van der Waals surface area contributed by atoms with Crippen LogP contribution in [-0.4, -0.2) is 130 Å². The lowest BCUT2D eigenvalue weighted by Crippen LogP contribution is -2.47. The van der Waals surface area contributed by atoms with Gasteiger partial charge in [0.1, 0.15) is 31.7 Å². The first-order valence-corrected chi connectivity index (χ1v) is 14.3. The Labute approximate surface area is 237 Å². The van der Waals surface area contributed by atoms with Crippen LogP contribution in [0.2, 0.25) is 0 Å². The van der Waals surface area contributed by atoms with E-state index in [0.29, 0.717) is 77.7 Å². The molecule has 224 valence electrons. The number of β-amino-alcohol motifs (C(OH)–C–C–N with tert-alkyl or cyclic N) is 1. The van der Waals surface area contributed by atoms with Gasteiger partial charge >= 0.3 is 0 Å². The molecule has 11 nitrogen and oxygen atoms in total. The van der Waals surface area contributed by atoms with Gasteiger partial charge in [-0.25, -0.2) is 0 Å². The van der Waals surface area contributed by atoms with Crippen molar-refractivity contribution in [2.75, 3.05) is 79.0 Å². The second kappa shape index (κ2) is 14.6. The quantitative estimate of drug-likeness (QED) is 0.394. The minimum absolute atomic E-state index is 0.0551. The minimum Gasteiger partial charge on any atom is -0.491 e. The molecule has 1 aromatic rings. The van der Waals surface area contributed by atoms with Crippen LogP contribution >= 0.6 is 0 Å². The number of amides is 2. The van der Waals surface area contributed by atoms with Crippen molar-refractivity contribution >= 4 is 11.8 Å². The Morgan fingerprint density at radius 2 is 1.50 bits per heavy atom. The van der Waals surface area contributed by atoms with E-state index in [-0.39, 0.29) is 37.2 Å². The lowest BCUT2D eigenvalue weighted by Gasteiger charge is -2.35. The molecule has 1 aliphatic carbocycles. The maximum Gasteiger partial charge on any atom is 0.248 e. The summed E-state index contributed by atoms with van der Waals surface area (Å²) >= 11 is 0. The van der Waals surface area contributed by atoms with E-state index in [9.17, 15) is 14.7 Å². The maximum absolute atomic E-state index is 12.8. The average Bonchev–Trinajstić information content (AvgIpc) is 2.96. The zero-order chi connectivity index (χ0) is 28.5. The van der Waals surface area contributed by atoms with Crippen LogP contribution in [0, 0.1) is 0 Å². The van der Waals surface area contributed by atoms with E-state index in [4.69, 9.17) is 23.7 Å². The molecular weight excluding hydrogens is 518 g/mol. The molecule has 0 radical (unpaired) electrons. The highest BCUT2D eigenvalue weighted by atomic mass is 16.5. The molecular formula is C29H45N3O8. The highest BCUT2D eigenvalue weighted by Crippen LogP contribution is 2.32. The number of fused-ring (bicyclic) bond motifs is 1. The first-order valence-electron chi connectivity index (χ1n) is 14.3. The number of aliphatic hydroxyl groups is 1. The SMILES string of the molecule is CC(C)(C)NCC(O)COc1cccc2c1CC(OCC(=O)N1CCOCC1)C(OCC(=O)N1CCOCC1)C2. The molecule has 40 heavy (non-hydrogen) atoms. The molecule has 0 saturated carbocycles. The Kier molecular flexibility index (Phi) is 11.2. The van der Waals surface area contributed by atoms with Crippen LogP contribution in [-0.2, 0) is 41.4 Å². The summed E-state index contributed by atoms with van der Waals surface area (Å²) in [6.07, 6.45) is -0.513. The fourth-order valence-electron chi connectivity index (χ4n) is 5.02. The number of morpholine rings is 2. The fraction of sp³-hybridized carbons (Fsp3) is 0.724. The van der Waals surface area contributed by atoms with Crippen LogP contribution in [0.3, 0.4) is 0 Å². The third kappa shape index (κ3) is 9.12. The summed E-state index contributed by atoms with van der Waals surface area (Å²) in [6.45, 7) is 10.9. The smallest absolute Gasteiger partial charge is 0.248 e. The number of carbonyl (C=O) groups is 2. The van der Waals surface area contributed by atoms with Crippen LogP contribution in [0.5, 0.6) is 5.75 Å². The molecule has 2 N–H and O–H groups in total. The number of aliphatic hydroxyl groups excluding tert-OH is 1. The van der Waals surface area contributed by atoms with Crippen molar-refractivity contribution in [2.24, 2.45) is 0 Å². The minimum atomic E-state index is -0.667. The summed E-state index contributed by atoms with van der Waals surface area (Å²) in [5.41, 5.74) is 1.92. The monoisotopic (exact) mass is 563 g/mol. The van der Waals surface area contributed by atoms with Crippen molar-refractivity contribution in [3.63, 3.8) is 0 Å². The molecule has 3 aliphatic rings. The zero-order valence-electron chi connectivity index (χ0n) is 24.1. The number of rotatable bonds is 11. The predicted octanol–water partition coefficient (Wildman–Crippen LogP) is 0.401. The van der Waals surface area contributed by atoms with Gasteiger partial charge in [-0.05, 0) is 32.4 Å². The van der Waals surface area contributed by atoms with Gasteiger partial charge in [-0.3, -0.25) is 9.59 Å². The van der Waals surface area contributed by atoms with Crippen LogP contribution in [0.15, 0.2) is 18.2 Å². The summed E-state index contributed by atoms with van der Waals surface area (Å²) in [7, 11) is 0. The first-order chi connectivity index (χ1) is 19.2. The number of nitrogens with one attached hydrogen (secondary N) is 1. The molecule has 2 saturated heterocycles. The van der Waals surface area contributed by atoms with Gasteiger partial charge in [0.2, 0.25) is 11.8 Å². The van der Waals surface area contributed by atoms with Gasteiger partial charge in [0.25, 0.3) is 0 Å². The van der Waals surface area contributed by atoms with Crippen LogP contribution in [0.25, 0.3) is 0 Å². The van der Waals surface area contributed by atoms with E-state index < -0.39 is 18.3 Å². The molecule has 2 fully saturated rings. The third-order valence-corrected chi connectivity index (χ3v) is 7.34. The normalized spacial score (nSPS) is 22.5. The number of nitrogens with zero attached hydrogens (tertiary/aromatic N) is 2. The highest BCUT2D eigenvalue weighted by molar-refractivity contribution is 5.78. The van der Waals surface area contributed by atoms with Crippen molar-refractivity contribution in [1.29, 1.82) is 0 Å². The Morgan fingerprint density at radius 3 is 2.05 bits per heavy atom. The van der Waals surface area contributed by atoms with Gasteiger partial charge in [0.05, 0.1) is 38.6 Å². The van der Waals surface area contributed by atoms with E-state index in [1.54, 1.807) is 9.80 Å². The number of hydrogen-bond donors (Lipinski definition) is 2. The Bertz CT molecular complexity index is 973. The molecule has 2 amide bonds. The van der Waals surface area contributed by atoms with Gasteiger partial charge in [0, 0.05) is 56.7 Å². The zero-order valence-corrected chi connectivity index (χ0v) is 24.1. The molecule has 11 heteroatoms. The van der Waals surface area contributed by atoms with Gasteiger partial charge in [-0.2, -0.15) is 0 Å². The standard InChI is InChI=1S/C29H45N3O8/c1-29(2,3)30-17-22(33)18-38-24-6-4-5-21-15-25(39-19-27(34)31-7-11-36-12-8-31)26(16-23(21)24)40-20-28(35)32-9-13-37-14-10-32/h4-6,22,25-26,30,33H,7-20H2,1-3H3. The molecule has 1 aromatic carbocycles. The van der Waals surface area contributed by atoms with E-state index in [1.807, 2.05) is 39.0 Å². The molecule has 0 aromatic heterocycles. The average molecular weight is 564 g/mol. The van der Waals surface area contributed by atoms with E-state index >= 15 is 0 Å². The van der Waals surface area contributed by atoms with E-state index in [1.165, 1.54) is 0 Å². The molecule has 4 rings (SSSR count). The molecule has 3 atom stereocenters. The van der Waals surface area contributed by atoms with Gasteiger partial charge < -0.3 is 43.9 Å². The van der Waals surface area contributed by atoms with Gasteiger partial charge in [0.15, 0.2) is 0 Å². The maximum atomic E-state index is 12.8. The lowest BCUT2D eigenvalue weighted by molar-refractivity contribution is -0.153. The highest BCUT2D eigenvalue weighted by Gasteiger charge is 2.34. The summed E-state index contributed by atoms with van der Waals surface area (Å²) in [5.74, 6) is 0.520. The third-order valence-electron chi connectivity index (χ3n) is 7.34. The Balaban J connectivity index is 1.41. The van der Waals surface area contributed by atoms with E-state index in [0.717, 1.165) is 11.1 Å². The van der Waals surface area contributed by atoms with Crippen molar-refractivity contribution in [3.05, 3.63) is 29.3 Å². The lowest BCUT2D eigenvalue weighted by atomic mass is 9.87. The number of carbonyl (C=O) groups excluding carboxylic acids is 2.